The third kappa shape index (κ3) is 2.26. The van der Waals surface area contributed by atoms with Crippen molar-refractivity contribution in [3.8, 4) is 5.75 Å². The molecule has 2 atom stereocenters. The summed E-state index contributed by atoms with van der Waals surface area (Å²) in [6, 6.07) is 5.09. The molecule has 2 unspecified atom stereocenters. The van der Waals surface area contributed by atoms with Gasteiger partial charge in [0.15, 0.2) is 0 Å². The van der Waals surface area contributed by atoms with Crippen LogP contribution in [0.3, 0.4) is 0 Å². The van der Waals surface area contributed by atoms with Crippen LogP contribution in [0.4, 0.5) is 5.69 Å². The van der Waals surface area contributed by atoms with Crippen LogP contribution in [0, 0.1) is 22.5 Å². The van der Waals surface area contributed by atoms with Gasteiger partial charge in [-0.3, -0.25) is 10.1 Å². The fourth-order valence-electron chi connectivity index (χ4n) is 3.24. The van der Waals surface area contributed by atoms with Crippen molar-refractivity contribution in [3.05, 3.63) is 33.9 Å². The molecule has 1 aromatic rings. The van der Waals surface area contributed by atoms with E-state index in [1.165, 1.54) is 6.07 Å². The Kier molecular flexibility index (Phi) is 3.99. The Morgan fingerprint density at radius 3 is 2.55 bits per heavy atom. The van der Waals surface area contributed by atoms with Gasteiger partial charge in [-0.15, -0.1) is 0 Å². The summed E-state index contributed by atoms with van der Waals surface area (Å²) in [6.45, 7) is 6.00. The molecule has 1 aromatic carbocycles. The second-order valence-corrected chi connectivity index (χ2v) is 5.59. The van der Waals surface area contributed by atoms with E-state index in [-0.39, 0.29) is 28.2 Å². The molecule has 0 bridgehead atoms. The van der Waals surface area contributed by atoms with E-state index in [0.29, 0.717) is 11.3 Å². The molecule has 1 saturated carbocycles. The van der Waals surface area contributed by atoms with E-state index in [2.05, 4.69) is 13.8 Å². The zero-order valence-electron chi connectivity index (χ0n) is 12.3. The molecule has 110 valence electrons. The van der Waals surface area contributed by atoms with E-state index in [0.717, 1.165) is 19.3 Å². The highest BCUT2D eigenvalue weighted by atomic mass is 16.6. The molecule has 0 aromatic heterocycles. The number of nitrogens with two attached hydrogens (primary N) is 1. The Morgan fingerprint density at radius 2 is 2.10 bits per heavy atom. The lowest BCUT2D eigenvalue weighted by Gasteiger charge is -2.53. The normalized spacial score (nSPS) is 24.0. The molecule has 0 saturated heterocycles. The van der Waals surface area contributed by atoms with Gasteiger partial charge in [0.05, 0.1) is 4.92 Å². The van der Waals surface area contributed by atoms with E-state index >= 15 is 0 Å². The second kappa shape index (κ2) is 5.40. The first-order valence-corrected chi connectivity index (χ1v) is 7.12. The molecule has 1 aliphatic rings. The summed E-state index contributed by atoms with van der Waals surface area (Å²) in [7, 11) is 0. The maximum absolute atomic E-state index is 10.8. The first kappa shape index (κ1) is 14.8. The molecule has 20 heavy (non-hydrogen) atoms. The summed E-state index contributed by atoms with van der Waals surface area (Å²) in [5.74, 6) is 0.691. The van der Waals surface area contributed by atoms with Crippen LogP contribution in [-0.2, 0) is 0 Å². The SMILES string of the molecule is CCC1(CC)C(N)CC1Oc1ccc([N+](=O)[O-])c(C)c1. The van der Waals surface area contributed by atoms with Gasteiger partial charge in [-0.2, -0.15) is 0 Å². The molecular weight excluding hydrogens is 256 g/mol. The Labute approximate surface area is 119 Å². The second-order valence-electron chi connectivity index (χ2n) is 5.59. The van der Waals surface area contributed by atoms with E-state index in [4.69, 9.17) is 10.5 Å². The van der Waals surface area contributed by atoms with Crippen molar-refractivity contribution in [3.63, 3.8) is 0 Å². The molecule has 5 heteroatoms. The average molecular weight is 278 g/mol. The lowest BCUT2D eigenvalue weighted by Crippen LogP contribution is -2.62. The third-order valence-electron chi connectivity index (χ3n) is 4.81. The highest BCUT2D eigenvalue weighted by Crippen LogP contribution is 2.48. The van der Waals surface area contributed by atoms with Crippen molar-refractivity contribution in [2.45, 2.75) is 52.2 Å². The monoisotopic (exact) mass is 278 g/mol. The average Bonchev–Trinajstić information content (AvgIpc) is 2.39. The van der Waals surface area contributed by atoms with Crippen LogP contribution in [0.25, 0.3) is 0 Å². The van der Waals surface area contributed by atoms with Crippen LogP contribution in [0.5, 0.6) is 5.75 Å². The van der Waals surface area contributed by atoms with Crippen LogP contribution in [0.1, 0.15) is 38.7 Å². The molecule has 1 aliphatic carbocycles. The highest BCUT2D eigenvalue weighted by molar-refractivity contribution is 5.44. The molecule has 2 rings (SSSR count). The fraction of sp³-hybridized carbons (Fsp3) is 0.600. The zero-order chi connectivity index (χ0) is 14.9. The smallest absolute Gasteiger partial charge is 0.272 e. The summed E-state index contributed by atoms with van der Waals surface area (Å²) in [5.41, 5.74) is 6.93. The number of aryl methyl sites for hydroxylation is 1. The Bertz CT molecular complexity index is 512. The molecule has 0 aliphatic heterocycles. The van der Waals surface area contributed by atoms with Crippen LogP contribution in [0.15, 0.2) is 18.2 Å². The van der Waals surface area contributed by atoms with Crippen LogP contribution in [0.2, 0.25) is 0 Å². The molecule has 0 amide bonds. The summed E-state index contributed by atoms with van der Waals surface area (Å²) in [4.78, 5) is 10.4. The number of rotatable bonds is 5. The number of ether oxygens (including phenoxy) is 1. The van der Waals surface area contributed by atoms with Crippen molar-refractivity contribution in [1.29, 1.82) is 0 Å². The van der Waals surface area contributed by atoms with Gasteiger partial charge in [0.2, 0.25) is 0 Å². The minimum absolute atomic E-state index is 0.0374. The fourth-order valence-corrected chi connectivity index (χ4v) is 3.24. The lowest BCUT2D eigenvalue weighted by atomic mass is 9.59. The van der Waals surface area contributed by atoms with Crippen molar-refractivity contribution in [2.24, 2.45) is 11.1 Å². The number of nitrogens with zero attached hydrogens (tertiary/aromatic N) is 1. The minimum atomic E-state index is -0.374. The summed E-state index contributed by atoms with van der Waals surface area (Å²) in [6.07, 6.45) is 2.92. The minimum Gasteiger partial charge on any atom is -0.490 e. The van der Waals surface area contributed by atoms with Crippen molar-refractivity contribution in [2.75, 3.05) is 0 Å². The number of nitro groups is 1. The van der Waals surface area contributed by atoms with Crippen molar-refractivity contribution < 1.29 is 9.66 Å². The predicted octanol–water partition coefficient (Wildman–Crippen LogP) is 3.19. The molecule has 0 radical (unpaired) electrons. The van der Waals surface area contributed by atoms with Gasteiger partial charge in [-0.05, 0) is 31.9 Å². The third-order valence-corrected chi connectivity index (χ3v) is 4.81. The molecule has 1 fully saturated rings. The molecular formula is C15H22N2O3. The molecule has 2 N–H and O–H groups in total. The first-order valence-electron chi connectivity index (χ1n) is 7.12. The highest BCUT2D eigenvalue weighted by Gasteiger charge is 2.52. The van der Waals surface area contributed by atoms with Gasteiger partial charge in [-0.1, -0.05) is 13.8 Å². The summed E-state index contributed by atoms with van der Waals surface area (Å²) < 4.78 is 6.03. The van der Waals surface area contributed by atoms with Gasteiger partial charge in [0, 0.05) is 29.5 Å². The number of nitro benzene ring substituents is 1. The zero-order valence-corrected chi connectivity index (χ0v) is 12.3. The van der Waals surface area contributed by atoms with Gasteiger partial charge < -0.3 is 10.5 Å². The first-order chi connectivity index (χ1) is 9.44. The number of benzene rings is 1. The molecule has 5 nitrogen and oxygen atoms in total. The Hall–Kier alpha value is -1.62. The van der Waals surface area contributed by atoms with Gasteiger partial charge in [0.1, 0.15) is 11.9 Å². The van der Waals surface area contributed by atoms with E-state index in [1.54, 1.807) is 19.1 Å². The van der Waals surface area contributed by atoms with E-state index in [9.17, 15) is 10.1 Å². The maximum Gasteiger partial charge on any atom is 0.272 e. The maximum atomic E-state index is 10.8. The summed E-state index contributed by atoms with van der Waals surface area (Å²) >= 11 is 0. The van der Waals surface area contributed by atoms with Crippen LogP contribution < -0.4 is 10.5 Å². The van der Waals surface area contributed by atoms with Crippen molar-refractivity contribution in [1.82, 2.24) is 0 Å². The van der Waals surface area contributed by atoms with Gasteiger partial charge in [-0.25, -0.2) is 0 Å². The number of hydrogen-bond donors (Lipinski definition) is 1. The number of hydrogen-bond acceptors (Lipinski definition) is 4. The standard InChI is InChI=1S/C15H22N2O3/c1-4-15(5-2)13(16)9-14(15)20-11-6-7-12(17(18)19)10(3)8-11/h6-8,13-14H,4-5,9,16H2,1-3H3. The van der Waals surface area contributed by atoms with Crippen LogP contribution in [-0.4, -0.2) is 17.1 Å². The molecule has 0 spiro atoms. The lowest BCUT2D eigenvalue weighted by molar-refractivity contribution is -0.385. The van der Waals surface area contributed by atoms with E-state index in [1.807, 2.05) is 0 Å². The molecule has 0 heterocycles. The summed E-state index contributed by atoms with van der Waals surface area (Å²) in [5, 5.41) is 10.8. The largest absolute Gasteiger partial charge is 0.490 e. The van der Waals surface area contributed by atoms with Crippen molar-refractivity contribution >= 4 is 5.69 Å². The Balaban J connectivity index is 2.15. The van der Waals surface area contributed by atoms with Gasteiger partial charge >= 0.3 is 0 Å². The predicted molar refractivity (Wildman–Crippen MR) is 77.9 cm³/mol. The van der Waals surface area contributed by atoms with Crippen LogP contribution >= 0.6 is 0 Å². The van der Waals surface area contributed by atoms with E-state index < -0.39 is 0 Å². The van der Waals surface area contributed by atoms with Gasteiger partial charge in [0.25, 0.3) is 5.69 Å². The Morgan fingerprint density at radius 1 is 1.45 bits per heavy atom. The quantitative estimate of drug-likeness (QED) is 0.662. The topological polar surface area (TPSA) is 78.4 Å².